The van der Waals surface area contributed by atoms with Crippen molar-refractivity contribution in [2.24, 2.45) is 11.8 Å². The zero-order valence-corrected chi connectivity index (χ0v) is 6.94. The maximum atomic E-state index is 10.9. The molecule has 0 saturated heterocycles. The molecular formula is C8H10O4. The smallest absolute Gasteiger partial charge is 0.313 e. The van der Waals surface area contributed by atoms with Crippen LogP contribution in [0.4, 0.5) is 0 Å². The molecule has 0 fully saturated rings. The number of hydrogen-bond donors (Lipinski definition) is 0. The molecule has 1 aliphatic rings. The number of ether oxygens (including phenoxy) is 2. The average Bonchev–Trinajstić information content (AvgIpc) is 2.02. The Hall–Kier alpha value is -1.32. The Bertz CT molecular complexity index is 207. The van der Waals surface area contributed by atoms with Crippen molar-refractivity contribution in [3.05, 3.63) is 12.2 Å². The first kappa shape index (κ1) is 8.77. The summed E-state index contributed by atoms with van der Waals surface area (Å²) in [6.07, 6.45) is 3.26. The van der Waals surface area contributed by atoms with Crippen LogP contribution in [0.2, 0.25) is 0 Å². The zero-order chi connectivity index (χ0) is 9.14. The van der Waals surface area contributed by atoms with Gasteiger partial charge in [0.05, 0.1) is 26.1 Å². The van der Waals surface area contributed by atoms with E-state index in [1.807, 2.05) is 0 Å². The fourth-order valence-corrected chi connectivity index (χ4v) is 1.06. The van der Waals surface area contributed by atoms with Crippen molar-refractivity contribution in [3.63, 3.8) is 0 Å². The molecule has 0 heterocycles. The van der Waals surface area contributed by atoms with E-state index in [1.54, 1.807) is 12.2 Å². The summed E-state index contributed by atoms with van der Waals surface area (Å²) < 4.78 is 8.96. The van der Waals surface area contributed by atoms with E-state index in [4.69, 9.17) is 0 Å². The SMILES string of the molecule is COC(=O)[C@H]1C=C[C@H]1C(=O)OC. The molecule has 0 aliphatic heterocycles. The number of carbonyl (C=O) groups is 2. The van der Waals surface area contributed by atoms with Crippen molar-refractivity contribution in [2.75, 3.05) is 14.2 Å². The summed E-state index contributed by atoms with van der Waals surface area (Å²) >= 11 is 0. The van der Waals surface area contributed by atoms with Crippen LogP contribution in [0.3, 0.4) is 0 Å². The molecule has 0 radical (unpaired) electrons. The first-order valence-electron chi connectivity index (χ1n) is 3.54. The molecule has 0 aromatic rings. The predicted molar refractivity (Wildman–Crippen MR) is 40.2 cm³/mol. The zero-order valence-electron chi connectivity index (χ0n) is 6.94. The summed E-state index contributed by atoms with van der Waals surface area (Å²) in [6, 6.07) is 0. The Morgan fingerprint density at radius 3 is 1.50 bits per heavy atom. The lowest BCUT2D eigenvalue weighted by molar-refractivity contribution is -0.155. The van der Waals surface area contributed by atoms with Gasteiger partial charge in [0.1, 0.15) is 0 Å². The molecule has 12 heavy (non-hydrogen) atoms. The lowest BCUT2D eigenvalue weighted by atomic mass is 9.82. The maximum absolute atomic E-state index is 10.9. The van der Waals surface area contributed by atoms with Crippen LogP contribution < -0.4 is 0 Å². The molecule has 0 aromatic heterocycles. The molecule has 2 atom stereocenters. The number of esters is 2. The van der Waals surface area contributed by atoms with E-state index in [1.165, 1.54) is 14.2 Å². The van der Waals surface area contributed by atoms with Crippen molar-refractivity contribution < 1.29 is 19.1 Å². The Labute approximate surface area is 70.1 Å². The van der Waals surface area contributed by atoms with Crippen LogP contribution in [-0.2, 0) is 19.1 Å². The van der Waals surface area contributed by atoms with Gasteiger partial charge in [-0.3, -0.25) is 9.59 Å². The summed E-state index contributed by atoms with van der Waals surface area (Å²) in [5, 5.41) is 0. The topological polar surface area (TPSA) is 52.6 Å². The molecule has 0 spiro atoms. The van der Waals surface area contributed by atoms with Gasteiger partial charge in [0, 0.05) is 0 Å². The minimum Gasteiger partial charge on any atom is -0.469 e. The molecule has 0 N–H and O–H groups in total. The number of methoxy groups -OCH3 is 2. The Kier molecular flexibility index (Phi) is 2.47. The molecule has 0 bridgehead atoms. The molecule has 0 unspecified atom stereocenters. The Morgan fingerprint density at radius 1 is 1.00 bits per heavy atom. The molecular weight excluding hydrogens is 160 g/mol. The van der Waals surface area contributed by atoms with Crippen molar-refractivity contribution in [1.82, 2.24) is 0 Å². The van der Waals surface area contributed by atoms with Crippen LogP contribution in [0.1, 0.15) is 0 Å². The lowest BCUT2D eigenvalue weighted by Crippen LogP contribution is -2.34. The summed E-state index contributed by atoms with van der Waals surface area (Å²) in [4.78, 5) is 21.9. The fourth-order valence-electron chi connectivity index (χ4n) is 1.06. The van der Waals surface area contributed by atoms with E-state index < -0.39 is 23.8 Å². The summed E-state index contributed by atoms with van der Waals surface area (Å²) in [5.74, 6) is -1.70. The van der Waals surface area contributed by atoms with Gasteiger partial charge in [0.15, 0.2) is 0 Å². The largest absolute Gasteiger partial charge is 0.469 e. The summed E-state index contributed by atoms with van der Waals surface area (Å²) in [6.45, 7) is 0. The first-order valence-corrected chi connectivity index (χ1v) is 3.54. The van der Waals surface area contributed by atoms with Crippen LogP contribution in [0, 0.1) is 11.8 Å². The lowest BCUT2D eigenvalue weighted by Gasteiger charge is -2.24. The highest BCUT2D eigenvalue weighted by Gasteiger charge is 2.37. The van der Waals surface area contributed by atoms with E-state index >= 15 is 0 Å². The Morgan fingerprint density at radius 2 is 1.33 bits per heavy atom. The van der Waals surface area contributed by atoms with Gasteiger partial charge in [0.2, 0.25) is 0 Å². The Balaban J connectivity index is 2.57. The molecule has 0 saturated carbocycles. The molecule has 4 heteroatoms. The fraction of sp³-hybridized carbons (Fsp3) is 0.500. The molecule has 1 rings (SSSR count). The van der Waals surface area contributed by atoms with E-state index in [2.05, 4.69) is 9.47 Å². The van der Waals surface area contributed by atoms with Gasteiger partial charge in [-0.15, -0.1) is 0 Å². The van der Waals surface area contributed by atoms with Gasteiger partial charge in [-0.2, -0.15) is 0 Å². The summed E-state index contributed by atoms with van der Waals surface area (Å²) in [5.41, 5.74) is 0. The van der Waals surface area contributed by atoms with Crippen molar-refractivity contribution >= 4 is 11.9 Å². The predicted octanol–water partition coefficient (Wildman–Crippen LogP) is 0.135. The van der Waals surface area contributed by atoms with E-state index in [0.29, 0.717) is 0 Å². The molecule has 66 valence electrons. The quantitative estimate of drug-likeness (QED) is 0.436. The standard InChI is InChI=1S/C8H10O4/c1-11-7(9)5-3-4-6(5)8(10)12-2/h3-6H,1-2H3/t5-,6+. The summed E-state index contributed by atoms with van der Waals surface area (Å²) in [7, 11) is 2.59. The normalized spacial score (nSPS) is 25.8. The molecule has 1 aliphatic carbocycles. The minimum atomic E-state index is -0.456. The second kappa shape index (κ2) is 3.38. The second-order valence-corrected chi connectivity index (χ2v) is 2.48. The third kappa shape index (κ3) is 1.32. The number of rotatable bonds is 2. The van der Waals surface area contributed by atoms with Gasteiger partial charge >= 0.3 is 11.9 Å². The van der Waals surface area contributed by atoms with Crippen LogP contribution >= 0.6 is 0 Å². The molecule has 4 nitrogen and oxygen atoms in total. The number of hydrogen-bond acceptors (Lipinski definition) is 4. The van der Waals surface area contributed by atoms with Crippen molar-refractivity contribution in [1.29, 1.82) is 0 Å². The first-order chi connectivity index (χ1) is 5.70. The van der Waals surface area contributed by atoms with Gasteiger partial charge in [-0.25, -0.2) is 0 Å². The molecule has 0 aromatic carbocycles. The maximum Gasteiger partial charge on any atom is 0.313 e. The highest BCUT2D eigenvalue weighted by Crippen LogP contribution is 2.27. The highest BCUT2D eigenvalue weighted by molar-refractivity contribution is 5.87. The van der Waals surface area contributed by atoms with Crippen LogP contribution in [0.15, 0.2) is 12.2 Å². The monoisotopic (exact) mass is 170 g/mol. The van der Waals surface area contributed by atoms with Crippen molar-refractivity contribution in [2.45, 2.75) is 0 Å². The average molecular weight is 170 g/mol. The van der Waals surface area contributed by atoms with E-state index in [9.17, 15) is 9.59 Å². The third-order valence-electron chi connectivity index (χ3n) is 1.86. The van der Waals surface area contributed by atoms with Crippen molar-refractivity contribution in [3.8, 4) is 0 Å². The van der Waals surface area contributed by atoms with Gasteiger partial charge in [-0.05, 0) is 0 Å². The van der Waals surface area contributed by atoms with E-state index in [0.717, 1.165) is 0 Å². The third-order valence-corrected chi connectivity index (χ3v) is 1.86. The van der Waals surface area contributed by atoms with Gasteiger partial charge < -0.3 is 9.47 Å². The van der Waals surface area contributed by atoms with Gasteiger partial charge in [-0.1, -0.05) is 12.2 Å². The minimum absolute atomic E-state index is 0.395. The molecule has 0 amide bonds. The van der Waals surface area contributed by atoms with Crippen LogP contribution in [0.25, 0.3) is 0 Å². The highest BCUT2D eigenvalue weighted by atomic mass is 16.5. The van der Waals surface area contributed by atoms with Gasteiger partial charge in [0.25, 0.3) is 0 Å². The second-order valence-electron chi connectivity index (χ2n) is 2.48. The van der Waals surface area contributed by atoms with E-state index in [-0.39, 0.29) is 0 Å². The number of carbonyl (C=O) groups excluding carboxylic acids is 2. The van der Waals surface area contributed by atoms with Crippen LogP contribution in [-0.4, -0.2) is 26.2 Å². The van der Waals surface area contributed by atoms with Crippen LogP contribution in [0.5, 0.6) is 0 Å².